The van der Waals surface area contributed by atoms with E-state index >= 15 is 0 Å². The van der Waals surface area contributed by atoms with Crippen LogP contribution < -0.4 is 0 Å². The van der Waals surface area contributed by atoms with Crippen molar-refractivity contribution in [2.45, 2.75) is 205 Å². The molecule has 1 heterocycles. The lowest BCUT2D eigenvalue weighted by atomic mass is 9.99. The van der Waals surface area contributed by atoms with Gasteiger partial charge >= 0.3 is 16.4 Å². The number of carbonyl (C=O) groups excluding carboxylic acids is 1. The quantitative estimate of drug-likeness (QED) is 0.0216. The maximum atomic E-state index is 12.6. The summed E-state index contributed by atoms with van der Waals surface area (Å²) < 4.78 is 58.6. The van der Waals surface area contributed by atoms with Gasteiger partial charge in [0, 0.05) is 13.0 Å². The molecule has 0 bridgehead atoms. The molecule has 4 N–H and O–H groups in total. The van der Waals surface area contributed by atoms with E-state index in [2.05, 4.69) is 30.2 Å². The van der Waals surface area contributed by atoms with Gasteiger partial charge in [-0.25, -0.2) is 4.18 Å². The van der Waals surface area contributed by atoms with E-state index in [4.69, 9.17) is 23.5 Å². The number of rotatable bonds is 35. The van der Waals surface area contributed by atoms with Crippen molar-refractivity contribution in [2.24, 2.45) is 0 Å². The molecule has 0 aromatic heterocycles. The zero-order chi connectivity index (χ0) is 38.3. The molecule has 1 saturated heterocycles. The molecule has 1 aliphatic heterocycles. The minimum Gasteiger partial charge on any atom is -0.457 e. The number of hydrogen-bond acceptors (Lipinski definition) is 11. The molecule has 12 nitrogen and oxygen atoms in total. The minimum absolute atomic E-state index is 0.0380. The van der Waals surface area contributed by atoms with Gasteiger partial charge in [-0.1, -0.05) is 135 Å². The maximum Gasteiger partial charge on any atom is 0.397 e. The molecule has 308 valence electrons. The van der Waals surface area contributed by atoms with E-state index < -0.39 is 59.8 Å². The van der Waals surface area contributed by atoms with Crippen molar-refractivity contribution in [1.82, 2.24) is 0 Å². The summed E-state index contributed by atoms with van der Waals surface area (Å²) >= 11 is 0. The van der Waals surface area contributed by atoms with E-state index in [1.807, 2.05) is 0 Å². The fraction of sp³-hybridized carbons (Fsp3) is 0.923. The Morgan fingerprint density at radius 2 is 1.21 bits per heavy atom. The molecule has 0 aromatic carbocycles. The van der Waals surface area contributed by atoms with Crippen LogP contribution in [0, 0.1) is 0 Å². The van der Waals surface area contributed by atoms with Crippen molar-refractivity contribution in [1.29, 1.82) is 0 Å². The molecule has 1 aliphatic rings. The highest BCUT2D eigenvalue weighted by atomic mass is 32.3. The molecule has 0 spiro atoms. The van der Waals surface area contributed by atoms with Crippen LogP contribution in [0.5, 0.6) is 0 Å². The summed E-state index contributed by atoms with van der Waals surface area (Å²) in [6.45, 7) is 3.88. The Morgan fingerprint density at radius 3 is 1.73 bits per heavy atom. The van der Waals surface area contributed by atoms with E-state index in [-0.39, 0.29) is 19.6 Å². The number of ether oxygens (including phenoxy) is 4. The SMILES string of the molecule is CCCCCCCC/C=C\CCCCCCCCCCCCOCC(COC1OC(CO)C(O)C(OS(=O)(=O)O)C1O)OC(=O)CCCCCCC. The summed E-state index contributed by atoms with van der Waals surface area (Å²) in [4.78, 5) is 12.6. The Labute approximate surface area is 315 Å². The maximum absolute atomic E-state index is 12.6. The van der Waals surface area contributed by atoms with E-state index in [9.17, 15) is 28.5 Å². The summed E-state index contributed by atoms with van der Waals surface area (Å²) in [6.07, 6.45) is 23.1. The number of hydrogen-bond donors (Lipinski definition) is 4. The van der Waals surface area contributed by atoms with Crippen molar-refractivity contribution in [3.05, 3.63) is 12.2 Å². The highest BCUT2D eigenvalue weighted by Crippen LogP contribution is 2.26. The number of aliphatic hydroxyl groups excluding tert-OH is 3. The largest absolute Gasteiger partial charge is 0.457 e. The van der Waals surface area contributed by atoms with Crippen molar-refractivity contribution in [2.75, 3.05) is 26.4 Å². The van der Waals surface area contributed by atoms with Crippen molar-refractivity contribution in [3.8, 4) is 0 Å². The standard InChI is InChI=1S/C39H74O12S/c1-3-5-7-9-10-11-12-13-14-15-16-17-18-19-20-21-22-23-25-27-29-47-31-33(49-35(41)28-26-24-8-6-4-2)32-48-39-37(43)38(51-52(44,45)46)36(42)34(30-40)50-39/h13-14,33-34,36-40,42-43H,3-12,15-32H2,1-2H3,(H,44,45,46)/b14-13-. The van der Waals surface area contributed by atoms with Crippen LogP contribution in [0.15, 0.2) is 12.2 Å². The van der Waals surface area contributed by atoms with E-state index in [1.165, 1.54) is 96.3 Å². The zero-order valence-corrected chi connectivity index (χ0v) is 33.2. The molecule has 0 aliphatic carbocycles. The van der Waals surface area contributed by atoms with Gasteiger partial charge in [-0.2, -0.15) is 8.42 Å². The number of allylic oxidation sites excluding steroid dienone is 2. The first-order chi connectivity index (χ1) is 25.1. The minimum atomic E-state index is -5.05. The zero-order valence-electron chi connectivity index (χ0n) is 32.4. The second-order valence-electron chi connectivity index (χ2n) is 14.2. The van der Waals surface area contributed by atoms with Crippen LogP contribution in [0.2, 0.25) is 0 Å². The van der Waals surface area contributed by atoms with Crippen LogP contribution in [0.4, 0.5) is 0 Å². The van der Waals surface area contributed by atoms with Gasteiger partial charge in [-0.05, 0) is 38.5 Å². The predicted molar refractivity (Wildman–Crippen MR) is 202 cm³/mol. The van der Waals surface area contributed by atoms with Gasteiger partial charge in [-0.3, -0.25) is 9.35 Å². The third-order valence-corrected chi connectivity index (χ3v) is 9.85. The third kappa shape index (κ3) is 25.8. The predicted octanol–water partition coefficient (Wildman–Crippen LogP) is 7.52. The lowest BCUT2D eigenvalue weighted by Gasteiger charge is -2.41. The Bertz CT molecular complexity index is 978. The average molecular weight is 767 g/mol. The van der Waals surface area contributed by atoms with Gasteiger partial charge < -0.3 is 34.3 Å². The fourth-order valence-corrected chi connectivity index (χ4v) is 6.76. The molecule has 52 heavy (non-hydrogen) atoms. The van der Waals surface area contributed by atoms with Gasteiger partial charge in [0.25, 0.3) is 0 Å². The smallest absolute Gasteiger partial charge is 0.397 e. The van der Waals surface area contributed by atoms with Crippen molar-refractivity contribution < 1.29 is 56.2 Å². The van der Waals surface area contributed by atoms with Crippen LogP contribution in [-0.4, -0.2) is 97.5 Å². The van der Waals surface area contributed by atoms with Crippen LogP contribution in [0.3, 0.4) is 0 Å². The molecule has 0 radical (unpaired) electrons. The van der Waals surface area contributed by atoms with Crippen LogP contribution in [0.1, 0.15) is 168 Å². The first kappa shape index (κ1) is 48.9. The lowest BCUT2D eigenvalue weighted by molar-refractivity contribution is -0.301. The second kappa shape index (κ2) is 32.1. The van der Waals surface area contributed by atoms with Gasteiger partial charge in [-0.15, -0.1) is 0 Å². The Hall–Kier alpha value is -1.16. The topological polar surface area (TPSA) is 178 Å². The van der Waals surface area contributed by atoms with Crippen molar-refractivity contribution >= 4 is 16.4 Å². The number of aliphatic hydroxyl groups is 3. The molecule has 1 rings (SSSR count). The van der Waals surface area contributed by atoms with E-state index in [0.717, 1.165) is 44.9 Å². The second-order valence-corrected chi connectivity index (χ2v) is 15.3. The first-order valence-electron chi connectivity index (χ1n) is 20.4. The first-order valence-corrected chi connectivity index (χ1v) is 21.8. The third-order valence-electron chi connectivity index (χ3n) is 9.39. The molecule has 0 amide bonds. The normalized spacial score (nSPS) is 21.5. The summed E-state index contributed by atoms with van der Waals surface area (Å²) in [5, 5.41) is 30.4. The Balaban J connectivity index is 2.31. The van der Waals surface area contributed by atoms with E-state index in [0.29, 0.717) is 13.0 Å². The summed E-state index contributed by atoms with van der Waals surface area (Å²) in [6, 6.07) is 0. The summed E-state index contributed by atoms with van der Waals surface area (Å²) in [5.41, 5.74) is 0. The molecule has 13 heteroatoms. The number of carbonyl (C=O) groups is 1. The van der Waals surface area contributed by atoms with Crippen molar-refractivity contribution in [3.63, 3.8) is 0 Å². The van der Waals surface area contributed by atoms with E-state index in [1.54, 1.807) is 0 Å². The number of esters is 1. The lowest BCUT2D eigenvalue weighted by Crippen LogP contribution is -2.60. The fourth-order valence-electron chi connectivity index (χ4n) is 6.25. The van der Waals surface area contributed by atoms with Gasteiger partial charge in [0.2, 0.25) is 0 Å². The van der Waals surface area contributed by atoms with Gasteiger partial charge in [0.15, 0.2) is 6.29 Å². The van der Waals surface area contributed by atoms with Crippen LogP contribution >= 0.6 is 0 Å². The Morgan fingerprint density at radius 1 is 0.712 bits per heavy atom. The van der Waals surface area contributed by atoms with Gasteiger partial charge in [0.05, 0.1) is 19.8 Å². The molecule has 1 fully saturated rings. The molecule has 6 atom stereocenters. The molecule has 0 aromatic rings. The average Bonchev–Trinajstić information content (AvgIpc) is 3.11. The molecule has 6 unspecified atom stereocenters. The van der Waals surface area contributed by atoms with Crippen LogP contribution in [0.25, 0.3) is 0 Å². The van der Waals surface area contributed by atoms with Gasteiger partial charge in [0.1, 0.15) is 30.5 Å². The summed E-state index contributed by atoms with van der Waals surface area (Å²) in [5.74, 6) is -0.411. The monoisotopic (exact) mass is 766 g/mol. The summed E-state index contributed by atoms with van der Waals surface area (Å²) in [7, 11) is -5.05. The highest BCUT2D eigenvalue weighted by molar-refractivity contribution is 7.80. The highest BCUT2D eigenvalue weighted by Gasteiger charge is 2.48. The number of unbranched alkanes of at least 4 members (excludes halogenated alkanes) is 20. The molecular formula is C39H74O12S. The Kier molecular flexibility index (Phi) is 30.2. The molecular weight excluding hydrogens is 692 g/mol. The molecule has 0 saturated carbocycles. The van der Waals surface area contributed by atoms with Crippen LogP contribution in [-0.2, 0) is 38.3 Å².